The molecule has 3 N–H and O–H groups in total. The van der Waals surface area contributed by atoms with Crippen molar-refractivity contribution in [1.82, 2.24) is 4.57 Å². The summed E-state index contributed by atoms with van der Waals surface area (Å²) in [5, 5.41) is 9.52. The number of carboxylic acid groups (broad SMARTS) is 1. The van der Waals surface area contributed by atoms with Crippen LogP contribution in [0, 0.1) is 11.2 Å². The fourth-order valence-corrected chi connectivity index (χ4v) is 4.78. The number of benzene rings is 1. The van der Waals surface area contributed by atoms with Crippen LogP contribution in [-0.4, -0.2) is 34.8 Å². The van der Waals surface area contributed by atoms with Crippen molar-refractivity contribution < 1.29 is 14.3 Å². The number of aromatic carboxylic acids is 1. The first-order chi connectivity index (χ1) is 12.8. The first-order valence-corrected chi connectivity index (χ1v) is 9.51. The summed E-state index contributed by atoms with van der Waals surface area (Å²) in [4.78, 5) is 25.9. The second kappa shape index (κ2) is 5.45. The Hall–Kier alpha value is -2.12. The van der Waals surface area contributed by atoms with E-state index in [2.05, 4.69) is 0 Å². The van der Waals surface area contributed by atoms with Crippen LogP contribution in [0.5, 0.6) is 0 Å². The number of fused-ring (bicyclic) bond motifs is 1. The number of aromatic nitrogens is 1. The third-order valence-electron chi connectivity index (χ3n) is 6.27. The minimum atomic E-state index is -1.32. The van der Waals surface area contributed by atoms with Crippen LogP contribution in [0.25, 0.3) is 10.9 Å². The highest BCUT2D eigenvalue weighted by atomic mass is 35.5. The lowest BCUT2D eigenvalue weighted by molar-refractivity contribution is 0.0695. The SMILES string of the molecule is NC1CN(c2c(F)cc3c(=O)c(C(=O)O)cn(C4CC4)c3c2Cl)CC12CC2. The molecule has 1 spiro atoms. The molecular weight excluding hydrogens is 373 g/mol. The molecule has 1 unspecified atom stereocenters. The number of carboxylic acids is 1. The van der Waals surface area contributed by atoms with E-state index < -0.39 is 17.2 Å². The number of anilines is 1. The molecule has 5 rings (SSSR count). The Morgan fingerprint density at radius 2 is 2.07 bits per heavy atom. The van der Waals surface area contributed by atoms with E-state index in [4.69, 9.17) is 17.3 Å². The molecule has 1 atom stereocenters. The summed E-state index contributed by atoms with van der Waals surface area (Å²) in [6.45, 7) is 1.17. The third kappa shape index (κ3) is 2.41. The fraction of sp³-hybridized carbons (Fsp3) is 0.474. The van der Waals surface area contributed by atoms with E-state index in [0.717, 1.165) is 31.7 Å². The molecule has 6 nitrogen and oxygen atoms in total. The highest BCUT2D eigenvalue weighted by molar-refractivity contribution is 6.38. The zero-order valence-electron chi connectivity index (χ0n) is 14.5. The van der Waals surface area contributed by atoms with Crippen LogP contribution in [0.4, 0.5) is 10.1 Å². The fourth-order valence-electron chi connectivity index (χ4n) is 4.37. The van der Waals surface area contributed by atoms with E-state index in [1.165, 1.54) is 6.20 Å². The van der Waals surface area contributed by atoms with E-state index in [1.54, 1.807) is 4.57 Å². The van der Waals surface area contributed by atoms with Gasteiger partial charge in [0.25, 0.3) is 0 Å². The maximum absolute atomic E-state index is 15.0. The molecule has 8 heteroatoms. The average Bonchev–Trinajstić information content (AvgIpc) is 3.49. The van der Waals surface area contributed by atoms with Gasteiger partial charge in [0.2, 0.25) is 5.43 Å². The molecule has 0 bridgehead atoms. The highest BCUT2D eigenvalue weighted by Gasteiger charge is 2.54. The molecule has 3 fully saturated rings. The van der Waals surface area contributed by atoms with Gasteiger partial charge in [0.15, 0.2) is 0 Å². The standard InChI is InChI=1S/C19H19ClFN3O3/c20-14-15-10(17(25)11(18(26)27)6-24(15)9-1-2-9)5-12(21)16(14)23-7-13(22)19(8-23)3-4-19/h5-6,9,13H,1-4,7-8,22H2,(H,26,27). The van der Waals surface area contributed by atoms with Gasteiger partial charge < -0.3 is 20.3 Å². The van der Waals surface area contributed by atoms with Crippen molar-refractivity contribution in [3.8, 4) is 0 Å². The molecule has 2 saturated carbocycles. The number of nitrogens with two attached hydrogens (primary N) is 1. The van der Waals surface area contributed by atoms with E-state index in [0.29, 0.717) is 18.6 Å². The van der Waals surface area contributed by atoms with Crippen molar-refractivity contribution in [2.75, 3.05) is 18.0 Å². The lowest BCUT2D eigenvalue weighted by atomic mass is 10.0. The number of pyridine rings is 1. The lowest BCUT2D eigenvalue weighted by Gasteiger charge is -2.23. The van der Waals surface area contributed by atoms with Crippen LogP contribution in [0.1, 0.15) is 42.1 Å². The number of halogens is 2. The van der Waals surface area contributed by atoms with Crippen molar-refractivity contribution in [3.05, 3.63) is 38.9 Å². The van der Waals surface area contributed by atoms with Crippen molar-refractivity contribution in [2.45, 2.75) is 37.8 Å². The number of hydrogen-bond acceptors (Lipinski definition) is 4. The molecule has 0 amide bonds. The second-order valence-corrected chi connectivity index (χ2v) is 8.46. The molecule has 3 aliphatic rings. The smallest absolute Gasteiger partial charge is 0.341 e. The van der Waals surface area contributed by atoms with E-state index in [9.17, 15) is 14.7 Å². The number of nitrogens with zero attached hydrogens (tertiary/aromatic N) is 2. The largest absolute Gasteiger partial charge is 0.477 e. The van der Waals surface area contributed by atoms with Gasteiger partial charge in [-0.05, 0) is 31.7 Å². The highest BCUT2D eigenvalue weighted by Crippen LogP contribution is 2.54. The van der Waals surface area contributed by atoms with Gasteiger partial charge in [-0.25, -0.2) is 9.18 Å². The summed E-state index contributed by atoms with van der Waals surface area (Å²) in [5.74, 6) is -1.93. The first-order valence-electron chi connectivity index (χ1n) is 9.13. The van der Waals surface area contributed by atoms with Crippen molar-refractivity contribution in [3.63, 3.8) is 0 Å². The minimum absolute atomic E-state index is 0.0117. The normalized spacial score (nSPS) is 23.4. The monoisotopic (exact) mass is 391 g/mol. The van der Waals surface area contributed by atoms with Gasteiger partial charge in [0.1, 0.15) is 11.4 Å². The van der Waals surface area contributed by atoms with Gasteiger partial charge in [-0.3, -0.25) is 4.79 Å². The summed E-state index contributed by atoms with van der Waals surface area (Å²) in [6, 6.07) is 1.19. The predicted octanol–water partition coefficient (Wildman–Crippen LogP) is 2.75. The molecule has 1 saturated heterocycles. The van der Waals surface area contributed by atoms with Gasteiger partial charge in [-0.2, -0.15) is 0 Å². The molecule has 27 heavy (non-hydrogen) atoms. The number of carbonyl (C=O) groups is 1. The Labute approximate surface area is 159 Å². The summed E-state index contributed by atoms with van der Waals surface area (Å²) in [6.07, 6.45) is 5.16. The van der Waals surface area contributed by atoms with Gasteiger partial charge in [0.05, 0.1) is 21.6 Å². The van der Waals surface area contributed by atoms with Gasteiger partial charge >= 0.3 is 5.97 Å². The zero-order chi connectivity index (χ0) is 19.1. The Bertz CT molecular complexity index is 1060. The first kappa shape index (κ1) is 17.0. The summed E-state index contributed by atoms with van der Waals surface area (Å²) in [7, 11) is 0. The van der Waals surface area contributed by atoms with Gasteiger partial charge in [-0.15, -0.1) is 0 Å². The van der Waals surface area contributed by atoms with E-state index >= 15 is 4.39 Å². The molecule has 2 heterocycles. The Morgan fingerprint density at radius 1 is 1.37 bits per heavy atom. The second-order valence-electron chi connectivity index (χ2n) is 8.08. The van der Waals surface area contributed by atoms with Gasteiger partial charge in [0, 0.05) is 36.8 Å². The van der Waals surface area contributed by atoms with Crippen molar-refractivity contribution in [2.24, 2.45) is 11.1 Å². The number of hydrogen-bond donors (Lipinski definition) is 2. The van der Waals surface area contributed by atoms with Gasteiger partial charge in [-0.1, -0.05) is 11.6 Å². The molecule has 0 radical (unpaired) electrons. The van der Waals surface area contributed by atoms with Crippen LogP contribution in [0.2, 0.25) is 5.02 Å². The summed E-state index contributed by atoms with van der Waals surface area (Å²) in [5.41, 5.74) is 5.91. The van der Waals surface area contributed by atoms with Crippen LogP contribution in [0.15, 0.2) is 17.1 Å². The molecular formula is C19H19ClFN3O3. The van der Waals surface area contributed by atoms with E-state index in [-0.39, 0.29) is 39.2 Å². The van der Waals surface area contributed by atoms with Crippen LogP contribution < -0.4 is 16.1 Å². The quantitative estimate of drug-likeness (QED) is 0.839. The van der Waals surface area contributed by atoms with Crippen molar-refractivity contribution >= 4 is 34.2 Å². The Kier molecular flexibility index (Phi) is 3.44. The average molecular weight is 392 g/mol. The Balaban J connectivity index is 1.75. The van der Waals surface area contributed by atoms with Crippen molar-refractivity contribution in [1.29, 1.82) is 0 Å². The Morgan fingerprint density at radius 3 is 2.63 bits per heavy atom. The van der Waals surface area contributed by atoms with Crippen LogP contribution in [-0.2, 0) is 0 Å². The maximum atomic E-state index is 15.0. The maximum Gasteiger partial charge on any atom is 0.341 e. The molecule has 2 aromatic rings. The molecule has 1 aromatic heterocycles. The molecule has 1 aromatic carbocycles. The molecule has 142 valence electrons. The molecule has 2 aliphatic carbocycles. The summed E-state index contributed by atoms with van der Waals surface area (Å²) >= 11 is 6.64. The lowest BCUT2D eigenvalue weighted by Crippen LogP contribution is -2.30. The third-order valence-corrected chi connectivity index (χ3v) is 6.63. The minimum Gasteiger partial charge on any atom is -0.477 e. The predicted molar refractivity (Wildman–Crippen MR) is 100 cm³/mol. The molecule has 1 aliphatic heterocycles. The number of rotatable bonds is 3. The van der Waals surface area contributed by atoms with Crippen LogP contribution in [0.3, 0.4) is 0 Å². The van der Waals surface area contributed by atoms with E-state index in [1.807, 2.05) is 4.90 Å². The topological polar surface area (TPSA) is 88.6 Å². The summed E-state index contributed by atoms with van der Waals surface area (Å²) < 4.78 is 16.8. The van der Waals surface area contributed by atoms with Crippen LogP contribution >= 0.6 is 11.6 Å². The zero-order valence-corrected chi connectivity index (χ0v) is 15.3.